The van der Waals surface area contributed by atoms with Gasteiger partial charge in [-0.3, -0.25) is 0 Å². The number of hydrogen-bond donors (Lipinski definition) is 1. The highest BCUT2D eigenvalue weighted by atomic mass is 15.1. The van der Waals surface area contributed by atoms with Crippen LogP contribution in [0.25, 0.3) is 0 Å². The molecule has 66 valence electrons. The van der Waals surface area contributed by atoms with Gasteiger partial charge in [-0.1, -0.05) is 6.92 Å². The fourth-order valence-corrected chi connectivity index (χ4v) is 1.65. The van der Waals surface area contributed by atoms with Crippen LogP contribution in [0.4, 0.5) is 0 Å². The van der Waals surface area contributed by atoms with Crippen molar-refractivity contribution in [2.45, 2.75) is 19.8 Å². The SMILES string of the molecule is CCN(C)C[C@@H]1CCCNC1. The Bertz CT molecular complexity index is 97.7. The highest BCUT2D eigenvalue weighted by molar-refractivity contribution is 4.71. The minimum Gasteiger partial charge on any atom is -0.316 e. The van der Waals surface area contributed by atoms with Crippen molar-refractivity contribution in [3.8, 4) is 0 Å². The van der Waals surface area contributed by atoms with Crippen LogP contribution in [-0.4, -0.2) is 38.1 Å². The first kappa shape index (κ1) is 9.01. The Balaban J connectivity index is 2.13. The zero-order chi connectivity index (χ0) is 8.10. The maximum absolute atomic E-state index is 3.44. The molecular weight excluding hydrogens is 136 g/mol. The molecule has 2 nitrogen and oxygen atoms in total. The summed E-state index contributed by atoms with van der Waals surface area (Å²) in [4.78, 5) is 2.40. The first-order valence-electron chi connectivity index (χ1n) is 4.72. The maximum Gasteiger partial charge on any atom is 0.00186 e. The van der Waals surface area contributed by atoms with Crippen molar-refractivity contribution in [2.24, 2.45) is 5.92 Å². The molecule has 1 aliphatic rings. The second-order valence-electron chi connectivity index (χ2n) is 3.57. The van der Waals surface area contributed by atoms with E-state index in [1.54, 1.807) is 0 Å². The van der Waals surface area contributed by atoms with Crippen LogP contribution in [0.2, 0.25) is 0 Å². The fourth-order valence-electron chi connectivity index (χ4n) is 1.65. The summed E-state index contributed by atoms with van der Waals surface area (Å²) in [6, 6.07) is 0. The van der Waals surface area contributed by atoms with Crippen molar-refractivity contribution >= 4 is 0 Å². The Hall–Kier alpha value is -0.0800. The summed E-state index contributed by atoms with van der Waals surface area (Å²) in [5.74, 6) is 0.897. The first-order chi connectivity index (χ1) is 5.33. The number of nitrogens with zero attached hydrogens (tertiary/aromatic N) is 1. The molecule has 11 heavy (non-hydrogen) atoms. The molecule has 1 heterocycles. The molecule has 0 aliphatic carbocycles. The Kier molecular flexibility index (Phi) is 3.87. The molecular formula is C9H20N2. The number of piperidine rings is 1. The largest absolute Gasteiger partial charge is 0.316 e. The molecule has 0 amide bonds. The molecule has 0 saturated carbocycles. The van der Waals surface area contributed by atoms with Crippen molar-refractivity contribution < 1.29 is 0 Å². The van der Waals surface area contributed by atoms with Crippen LogP contribution in [-0.2, 0) is 0 Å². The third-order valence-electron chi connectivity index (χ3n) is 2.51. The summed E-state index contributed by atoms with van der Waals surface area (Å²) in [5, 5.41) is 3.44. The Morgan fingerprint density at radius 2 is 2.36 bits per heavy atom. The normalized spacial score (nSPS) is 25.9. The van der Waals surface area contributed by atoms with Crippen LogP contribution in [0, 0.1) is 5.92 Å². The standard InChI is InChI=1S/C9H20N2/c1-3-11(2)8-9-5-4-6-10-7-9/h9-10H,3-8H2,1-2H3/t9-/m1/s1. The fraction of sp³-hybridized carbons (Fsp3) is 1.00. The van der Waals surface area contributed by atoms with Crippen molar-refractivity contribution in [1.29, 1.82) is 0 Å². The lowest BCUT2D eigenvalue weighted by atomic mass is 9.99. The molecule has 0 unspecified atom stereocenters. The molecule has 1 N–H and O–H groups in total. The van der Waals surface area contributed by atoms with E-state index < -0.39 is 0 Å². The molecule has 0 aromatic carbocycles. The van der Waals surface area contributed by atoms with E-state index in [4.69, 9.17) is 0 Å². The average Bonchev–Trinajstić information content (AvgIpc) is 2.06. The molecule has 0 aromatic rings. The zero-order valence-corrected chi connectivity index (χ0v) is 7.77. The van der Waals surface area contributed by atoms with E-state index in [2.05, 4.69) is 24.2 Å². The first-order valence-corrected chi connectivity index (χ1v) is 4.72. The summed E-state index contributed by atoms with van der Waals surface area (Å²) in [5.41, 5.74) is 0. The van der Waals surface area contributed by atoms with Gasteiger partial charge in [0.15, 0.2) is 0 Å². The van der Waals surface area contributed by atoms with Gasteiger partial charge in [-0.05, 0) is 45.4 Å². The van der Waals surface area contributed by atoms with Crippen molar-refractivity contribution in [3.63, 3.8) is 0 Å². The van der Waals surface area contributed by atoms with E-state index in [1.165, 1.54) is 39.0 Å². The van der Waals surface area contributed by atoms with Crippen LogP contribution in [0.5, 0.6) is 0 Å². The predicted molar refractivity (Wildman–Crippen MR) is 48.8 cm³/mol. The molecule has 0 bridgehead atoms. The van der Waals surface area contributed by atoms with Gasteiger partial charge in [-0.2, -0.15) is 0 Å². The summed E-state index contributed by atoms with van der Waals surface area (Å²) >= 11 is 0. The van der Waals surface area contributed by atoms with Gasteiger partial charge in [0.2, 0.25) is 0 Å². The van der Waals surface area contributed by atoms with Crippen LogP contribution < -0.4 is 5.32 Å². The number of rotatable bonds is 3. The van der Waals surface area contributed by atoms with Gasteiger partial charge in [-0.25, -0.2) is 0 Å². The molecule has 1 rings (SSSR count). The van der Waals surface area contributed by atoms with Crippen LogP contribution in [0.1, 0.15) is 19.8 Å². The third-order valence-corrected chi connectivity index (χ3v) is 2.51. The topological polar surface area (TPSA) is 15.3 Å². The monoisotopic (exact) mass is 156 g/mol. The quantitative estimate of drug-likeness (QED) is 0.654. The minimum absolute atomic E-state index is 0.897. The second-order valence-corrected chi connectivity index (χ2v) is 3.57. The molecule has 0 spiro atoms. The Labute approximate surface area is 70.0 Å². The van der Waals surface area contributed by atoms with E-state index >= 15 is 0 Å². The molecule has 0 radical (unpaired) electrons. The number of nitrogens with one attached hydrogen (secondary N) is 1. The van der Waals surface area contributed by atoms with Crippen molar-refractivity contribution in [2.75, 3.05) is 33.2 Å². The van der Waals surface area contributed by atoms with Gasteiger partial charge in [0.25, 0.3) is 0 Å². The van der Waals surface area contributed by atoms with Crippen LogP contribution >= 0.6 is 0 Å². The highest BCUT2D eigenvalue weighted by Crippen LogP contribution is 2.10. The Morgan fingerprint density at radius 3 is 2.91 bits per heavy atom. The highest BCUT2D eigenvalue weighted by Gasteiger charge is 2.13. The lowest BCUT2D eigenvalue weighted by Crippen LogP contribution is -2.36. The summed E-state index contributed by atoms with van der Waals surface area (Å²) < 4.78 is 0. The van der Waals surface area contributed by atoms with Gasteiger partial charge in [0, 0.05) is 6.54 Å². The van der Waals surface area contributed by atoms with Gasteiger partial charge < -0.3 is 10.2 Å². The van der Waals surface area contributed by atoms with E-state index in [-0.39, 0.29) is 0 Å². The van der Waals surface area contributed by atoms with Gasteiger partial charge >= 0.3 is 0 Å². The van der Waals surface area contributed by atoms with Gasteiger partial charge in [0.1, 0.15) is 0 Å². The average molecular weight is 156 g/mol. The number of hydrogen-bond acceptors (Lipinski definition) is 2. The Morgan fingerprint density at radius 1 is 1.55 bits per heavy atom. The van der Waals surface area contributed by atoms with E-state index in [0.717, 1.165) is 5.92 Å². The predicted octanol–water partition coefficient (Wildman–Crippen LogP) is 0.938. The lowest BCUT2D eigenvalue weighted by molar-refractivity contribution is 0.252. The lowest BCUT2D eigenvalue weighted by Gasteiger charge is -2.26. The zero-order valence-electron chi connectivity index (χ0n) is 7.77. The van der Waals surface area contributed by atoms with Crippen LogP contribution in [0.3, 0.4) is 0 Å². The third kappa shape index (κ3) is 3.21. The minimum atomic E-state index is 0.897. The molecule has 2 heteroatoms. The summed E-state index contributed by atoms with van der Waals surface area (Å²) in [6.07, 6.45) is 2.78. The smallest absolute Gasteiger partial charge is 0.00186 e. The van der Waals surface area contributed by atoms with Crippen molar-refractivity contribution in [1.82, 2.24) is 10.2 Å². The molecule has 0 aromatic heterocycles. The molecule has 1 aliphatic heterocycles. The molecule has 1 atom stereocenters. The summed E-state index contributed by atoms with van der Waals surface area (Å²) in [6.45, 7) is 7.12. The van der Waals surface area contributed by atoms with Crippen molar-refractivity contribution in [3.05, 3.63) is 0 Å². The summed E-state index contributed by atoms with van der Waals surface area (Å²) in [7, 11) is 2.20. The van der Waals surface area contributed by atoms with E-state index in [9.17, 15) is 0 Å². The van der Waals surface area contributed by atoms with Gasteiger partial charge in [0.05, 0.1) is 0 Å². The second kappa shape index (κ2) is 4.73. The van der Waals surface area contributed by atoms with Crippen LogP contribution in [0.15, 0.2) is 0 Å². The molecule has 1 fully saturated rings. The van der Waals surface area contributed by atoms with Gasteiger partial charge in [-0.15, -0.1) is 0 Å². The maximum atomic E-state index is 3.44. The van der Waals surface area contributed by atoms with E-state index in [0.29, 0.717) is 0 Å². The molecule has 1 saturated heterocycles. The van der Waals surface area contributed by atoms with E-state index in [1.807, 2.05) is 0 Å².